The Kier molecular flexibility index (Phi) is 4.07. The van der Waals surface area contributed by atoms with Crippen LogP contribution in [0.1, 0.15) is 27.7 Å². The standard InChI is InChI=1S/C9H18N2O3/c1-5(2)6(10)7(12)11-9(3,4)8(13)14/h5-6H,10H2,1-4H3,(H,11,12)(H,13,14)/t6-/m0/s1. The number of hydrogen-bond donors (Lipinski definition) is 3. The van der Waals surface area contributed by atoms with E-state index in [1.165, 1.54) is 13.8 Å². The van der Waals surface area contributed by atoms with Crippen LogP contribution in [0.5, 0.6) is 0 Å². The minimum absolute atomic E-state index is 0.0143. The number of carboxylic acids is 1. The number of nitrogens with two attached hydrogens (primary N) is 1. The summed E-state index contributed by atoms with van der Waals surface area (Å²) in [7, 11) is 0. The predicted octanol–water partition coefficient (Wildman–Crippen LogP) is -0.0509. The SMILES string of the molecule is CC(C)[C@H](N)C(=O)NC(C)(C)C(=O)O. The van der Waals surface area contributed by atoms with Crippen molar-refractivity contribution in [2.75, 3.05) is 0 Å². The second-order valence-corrected chi connectivity index (χ2v) is 4.19. The number of carbonyl (C=O) groups excluding carboxylic acids is 1. The van der Waals surface area contributed by atoms with E-state index in [0.717, 1.165) is 0 Å². The van der Waals surface area contributed by atoms with Crippen molar-refractivity contribution in [1.82, 2.24) is 5.32 Å². The first-order valence-electron chi connectivity index (χ1n) is 4.49. The molecule has 0 aromatic heterocycles. The molecule has 0 aliphatic heterocycles. The summed E-state index contributed by atoms with van der Waals surface area (Å²) in [5.74, 6) is -1.53. The highest BCUT2D eigenvalue weighted by atomic mass is 16.4. The third-order valence-corrected chi connectivity index (χ3v) is 1.99. The average Bonchev–Trinajstić information content (AvgIpc) is 2.01. The van der Waals surface area contributed by atoms with Crippen LogP contribution < -0.4 is 11.1 Å². The molecule has 5 nitrogen and oxygen atoms in total. The monoisotopic (exact) mass is 202 g/mol. The molecule has 0 aromatic rings. The lowest BCUT2D eigenvalue weighted by Gasteiger charge is -2.24. The van der Waals surface area contributed by atoms with E-state index in [-0.39, 0.29) is 5.92 Å². The maximum atomic E-state index is 11.4. The van der Waals surface area contributed by atoms with Gasteiger partial charge in [0.1, 0.15) is 5.54 Å². The van der Waals surface area contributed by atoms with Gasteiger partial charge in [-0.1, -0.05) is 13.8 Å². The maximum absolute atomic E-state index is 11.4. The van der Waals surface area contributed by atoms with Crippen LogP contribution in [-0.2, 0) is 9.59 Å². The molecule has 1 amide bonds. The lowest BCUT2D eigenvalue weighted by atomic mass is 10.0. The second kappa shape index (κ2) is 4.41. The Morgan fingerprint density at radius 3 is 2.07 bits per heavy atom. The van der Waals surface area contributed by atoms with E-state index in [1.807, 2.05) is 0 Å². The van der Waals surface area contributed by atoms with E-state index in [2.05, 4.69) is 5.32 Å². The summed E-state index contributed by atoms with van der Waals surface area (Å²) < 4.78 is 0. The normalized spacial score (nSPS) is 13.9. The summed E-state index contributed by atoms with van der Waals surface area (Å²) in [4.78, 5) is 22.1. The van der Waals surface area contributed by atoms with Crippen molar-refractivity contribution >= 4 is 11.9 Å². The van der Waals surface area contributed by atoms with Gasteiger partial charge in [0, 0.05) is 0 Å². The van der Waals surface area contributed by atoms with E-state index in [4.69, 9.17) is 10.8 Å². The number of carboxylic acid groups (broad SMARTS) is 1. The van der Waals surface area contributed by atoms with Gasteiger partial charge in [-0.25, -0.2) is 4.79 Å². The van der Waals surface area contributed by atoms with E-state index in [0.29, 0.717) is 0 Å². The number of hydrogen-bond acceptors (Lipinski definition) is 3. The van der Waals surface area contributed by atoms with Crippen molar-refractivity contribution in [2.24, 2.45) is 11.7 Å². The van der Waals surface area contributed by atoms with Gasteiger partial charge < -0.3 is 16.2 Å². The van der Waals surface area contributed by atoms with Gasteiger partial charge in [-0.05, 0) is 19.8 Å². The molecular weight excluding hydrogens is 184 g/mol. The molecule has 0 saturated heterocycles. The van der Waals surface area contributed by atoms with Crippen LogP contribution in [0.2, 0.25) is 0 Å². The van der Waals surface area contributed by atoms with Gasteiger partial charge in [0.15, 0.2) is 0 Å². The summed E-state index contributed by atoms with van der Waals surface area (Å²) in [6.45, 7) is 6.44. The van der Waals surface area contributed by atoms with Crippen molar-refractivity contribution in [3.05, 3.63) is 0 Å². The zero-order valence-corrected chi connectivity index (χ0v) is 9.00. The fourth-order valence-electron chi connectivity index (χ4n) is 0.748. The highest BCUT2D eigenvalue weighted by Crippen LogP contribution is 2.05. The molecule has 0 heterocycles. The third-order valence-electron chi connectivity index (χ3n) is 1.99. The lowest BCUT2D eigenvalue weighted by Crippen LogP contribution is -2.55. The van der Waals surface area contributed by atoms with Gasteiger partial charge in [-0.3, -0.25) is 4.79 Å². The van der Waals surface area contributed by atoms with Crippen LogP contribution in [-0.4, -0.2) is 28.6 Å². The Balaban J connectivity index is 4.40. The fourth-order valence-corrected chi connectivity index (χ4v) is 0.748. The zero-order valence-electron chi connectivity index (χ0n) is 9.00. The van der Waals surface area contributed by atoms with Crippen LogP contribution >= 0.6 is 0 Å². The maximum Gasteiger partial charge on any atom is 0.328 e. The first-order chi connectivity index (χ1) is 6.18. The second-order valence-electron chi connectivity index (χ2n) is 4.19. The Labute approximate surface area is 83.7 Å². The molecule has 82 valence electrons. The first kappa shape index (κ1) is 12.9. The van der Waals surface area contributed by atoms with E-state index in [9.17, 15) is 9.59 Å². The molecule has 14 heavy (non-hydrogen) atoms. The molecular formula is C9H18N2O3. The molecule has 4 N–H and O–H groups in total. The van der Waals surface area contributed by atoms with Crippen molar-refractivity contribution in [2.45, 2.75) is 39.3 Å². The lowest BCUT2D eigenvalue weighted by molar-refractivity contribution is -0.146. The van der Waals surface area contributed by atoms with Crippen LogP contribution in [0.3, 0.4) is 0 Å². The van der Waals surface area contributed by atoms with Gasteiger partial charge in [-0.15, -0.1) is 0 Å². The summed E-state index contributed by atoms with van der Waals surface area (Å²) in [6, 6.07) is -0.673. The highest BCUT2D eigenvalue weighted by molar-refractivity contribution is 5.88. The fraction of sp³-hybridized carbons (Fsp3) is 0.778. The minimum Gasteiger partial charge on any atom is -0.480 e. The zero-order chi connectivity index (χ0) is 11.5. The number of amides is 1. The predicted molar refractivity (Wildman–Crippen MR) is 52.7 cm³/mol. The van der Waals surface area contributed by atoms with Crippen molar-refractivity contribution < 1.29 is 14.7 Å². The van der Waals surface area contributed by atoms with E-state index < -0.39 is 23.5 Å². The summed E-state index contributed by atoms with van der Waals surface area (Å²) in [5.41, 5.74) is 4.29. The molecule has 0 aliphatic carbocycles. The number of carbonyl (C=O) groups is 2. The molecule has 0 unspecified atom stereocenters. The Morgan fingerprint density at radius 1 is 1.36 bits per heavy atom. The molecule has 0 rings (SSSR count). The Morgan fingerprint density at radius 2 is 1.79 bits per heavy atom. The molecule has 1 atom stereocenters. The number of rotatable bonds is 4. The van der Waals surface area contributed by atoms with Crippen LogP contribution in [0.25, 0.3) is 0 Å². The third kappa shape index (κ3) is 3.33. The molecule has 0 radical (unpaired) electrons. The quantitative estimate of drug-likeness (QED) is 0.596. The topological polar surface area (TPSA) is 92.4 Å². The van der Waals surface area contributed by atoms with Crippen LogP contribution in [0, 0.1) is 5.92 Å². The molecule has 0 saturated carbocycles. The van der Waals surface area contributed by atoms with Gasteiger partial charge in [0.2, 0.25) is 5.91 Å². The van der Waals surface area contributed by atoms with Gasteiger partial charge in [-0.2, -0.15) is 0 Å². The Hall–Kier alpha value is -1.10. The number of aliphatic carboxylic acids is 1. The average molecular weight is 202 g/mol. The van der Waals surface area contributed by atoms with Gasteiger partial charge in [0.05, 0.1) is 6.04 Å². The highest BCUT2D eigenvalue weighted by Gasteiger charge is 2.31. The first-order valence-corrected chi connectivity index (χ1v) is 4.49. The van der Waals surface area contributed by atoms with Crippen molar-refractivity contribution in [3.63, 3.8) is 0 Å². The Bertz CT molecular complexity index is 236. The molecule has 0 spiro atoms. The molecule has 0 bridgehead atoms. The molecule has 0 aromatic carbocycles. The summed E-state index contributed by atoms with van der Waals surface area (Å²) >= 11 is 0. The van der Waals surface area contributed by atoms with E-state index >= 15 is 0 Å². The molecule has 0 aliphatic rings. The molecule has 5 heteroatoms. The van der Waals surface area contributed by atoms with Gasteiger partial charge in [0.25, 0.3) is 0 Å². The number of nitrogens with one attached hydrogen (secondary N) is 1. The van der Waals surface area contributed by atoms with Crippen LogP contribution in [0.4, 0.5) is 0 Å². The smallest absolute Gasteiger partial charge is 0.328 e. The summed E-state index contributed by atoms with van der Waals surface area (Å²) in [6.07, 6.45) is 0. The largest absolute Gasteiger partial charge is 0.480 e. The van der Waals surface area contributed by atoms with Crippen molar-refractivity contribution in [3.8, 4) is 0 Å². The summed E-state index contributed by atoms with van der Waals surface area (Å²) in [5, 5.41) is 11.1. The minimum atomic E-state index is -1.27. The van der Waals surface area contributed by atoms with E-state index in [1.54, 1.807) is 13.8 Å². The van der Waals surface area contributed by atoms with Crippen LogP contribution in [0.15, 0.2) is 0 Å². The van der Waals surface area contributed by atoms with Gasteiger partial charge >= 0.3 is 5.97 Å². The van der Waals surface area contributed by atoms with Crippen molar-refractivity contribution in [1.29, 1.82) is 0 Å². The molecule has 0 fully saturated rings.